The van der Waals surface area contributed by atoms with Gasteiger partial charge in [0.15, 0.2) is 0 Å². The summed E-state index contributed by atoms with van der Waals surface area (Å²) in [6.07, 6.45) is 3.76. The first-order valence-corrected chi connectivity index (χ1v) is 6.26. The summed E-state index contributed by atoms with van der Waals surface area (Å²) in [5, 5.41) is 9.25. The predicted molar refractivity (Wildman–Crippen MR) is 70.8 cm³/mol. The van der Waals surface area contributed by atoms with Gasteiger partial charge in [-0.25, -0.2) is 9.78 Å². The van der Waals surface area contributed by atoms with Crippen molar-refractivity contribution in [3.63, 3.8) is 0 Å². The lowest BCUT2D eigenvalue weighted by Gasteiger charge is -2.39. The first kappa shape index (κ1) is 12.7. The number of pyridine rings is 1. The van der Waals surface area contributed by atoms with Crippen LogP contribution in [0.3, 0.4) is 0 Å². The van der Waals surface area contributed by atoms with Crippen molar-refractivity contribution in [2.45, 2.75) is 32.7 Å². The molecule has 2 atom stereocenters. The van der Waals surface area contributed by atoms with Crippen LogP contribution in [0, 0.1) is 5.92 Å². The third-order valence-electron chi connectivity index (χ3n) is 3.76. The summed E-state index contributed by atoms with van der Waals surface area (Å²) in [5.74, 6) is 0.103. The molecule has 1 fully saturated rings. The number of nitrogens with two attached hydrogens (primary N) is 1. The number of carbonyl (C=O) groups is 1. The van der Waals surface area contributed by atoms with Crippen molar-refractivity contribution in [3.8, 4) is 0 Å². The predicted octanol–water partition coefficient (Wildman–Crippen LogP) is 1.99. The van der Waals surface area contributed by atoms with Gasteiger partial charge in [-0.1, -0.05) is 6.92 Å². The van der Waals surface area contributed by atoms with Gasteiger partial charge in [-0.3, -0.25) is 0 Å². The van der Waals surface area contributed by atoms with Crippen LogP contribution in [0.5, 0.6) is 0 Å². The molecule has 0 radical (unpaired) electrons. The molecule has 18 heavy (non-hydrogen) atoms. The number of rotatable bonds is 2. The minimum absolute atomic E-state index is 0.191. The molecular formula is C13H19N3O2. The molecule has 1 aliphatic rings. The number of aromatic carboxylic acids is 1. The summed E-state index contributed by atoms with van der Waals surface area (Å²) < 4.78 is 0. The third-order valence-corrected chi connectivity index (χ3v) is 3.76. The standard InChI is InChI=1S/C13H19N3O2/c1-8-4-3-5-16(9(8)2)12-11(13(17)18)6-10(14)7-15-12/h6-9H,3-5,14H2,1-2H3,(H,17,18). The van der Waals surface area contributed by atoms with E-state index in [1.54, 1.807) is 0 Å². The van der Waals surface area contributed by atoms with Crippen molar-refractivity contribution >= 4 is 17.5 Å². The van der Waals surface area contributed by atoms with Gasteiger partial charge in [-0.05, 0) is 31.7 Å². The lowest BCUT2D eigenvalue weighted by Crippen LogP contribution is -2.43. The molecule has 0 bridgehead atoms. The number of aromatic nitrogens is 1. The summed E-state index contributed by atoms with van der Waals surface area (Å²) in [7, 11) is 0. The van der Waals surface area contributed by atoms with Crippen molar-refractivity contribution in [1.29, 1.82) is 0 Å². The van der Waals surface area contributed by atoms with E-state index in [-0.39, 0.29) is 5.56 Å². The summed E-state index contributed by atoms with van der Waals surface area (Å²) in [6, 6.07) is 1.78. The number of carboxylic acid groups (broad SMARTS) is 1. The molecule has 2 rings (SSSR count). The van der Waals surface area contributed by atoms with Gasteiger partial charge in [0, 0.05) is 12.6 Å². The zero-order valence-corrected chi connectivity index (χ0v) is 10.8. The zero-order chi connectivity index (χ0) is 13.3. The summed E-state index contributed by atoms with van der Waals surface area (Å²) in [5.41, 5.74) is 6.19. The number of hydrogen-bond acceptors (Lipinski definition) is 4. The first-order chi connectivity index (χ1) is 8.50. The molecule has 2 unspecified atom stereocenters. The number of nitrogen functional groups attached to an aromatic ring is 1. The Balaban J connectivity index is 2.40. The Kier molecular flexibility index (Phi) is 3.41. The van der Waals surface area contributed by atoms with Crippen LogP contribution in [0.2, 0.25) is 0 Å². The summed E-state index contributed by atoms with van der Waals surface area (Å²) in [4.78, 5) is 17.6. The van der Waals surface area contributed by atoms with Crippen molar-refractivity contribution < 1.29 is 9.90 Å². The fourth-order valence-corrected chi connectivity index (χ4v) is 2.49. The quantitative estimate of drug-likeness (QED) is 0.837. The largest absolute Gasteiger partial charge is 0.478 e. The summed E-state index contributed by atoms with van der Waals surface area (Å²) in [6.45, 7) is 5.16. The smallest absolute Gasteiger partial charge is 0.339 e. The normalized spacial score (nSPS) is 24.0. The maximum atomic E-state index is 11.3. The lowest BCUT2D eigenvalue weighted by atomic mass is 9.92. The first-order valence-electron chi connectivity index (χ1n) is 6.26. The number of piperidine rings is 1. The highest BCUT2D eigenvalue weighted by Gasteiger charge is 2.28. The summed E-state index contributed by atoms with van der Waals surface area (Å²) >= 11 is 0. The van der Waals surface area contributed by atoms with Crippen molar-refractivity contribution in [2.75, 3.05) is 17.2 Å². The van der Waals surface area contributed by atoms with Crippen molar-refractivity contribution in [2.24, 2.45) is 5.92 Å². The van der Waals surface area contributed by atoms with Gasteiger partial charge in [0.1, 0.15) is 11.4 Å². The lowest BCUT2D eigenvalue weighted by molar-refractivity contribution is 0.0697. The monoisotopic (exact) mass is 249 g/mol. The van der Waals surface area contributed by atoms with Gasteiger partial charge in [0.2, 0.25) is 0 Å². The average Bonchev–Trinajstić information content (AvgIpc) is 2.33. The van der Waals surface area contributed by atoms with E-state index in [0.717, 1.165) is 13.0 Å². The second-order valence-electron chi connectivity index (χ2n) is 5.00. The fourth-order valence-electron chi connectivity index (χ4n) is 2.49. The molecule has 0 aromatic carbocycles. The third kappa shape index (κ3) is 2.25. The van der Waals surface area contributed by atoms with Crippen LogP contribution < -0.4 is 10.6 Å². The highest BCUT2D eigenvalue weighted by Crippen LogP contribution is 2.30. The van der Waals surface area contributed by atoms with E-state index in [0.29, 0.717) is 23.5 Å². The number of anilines is 2. The van der Waals surface area contributed by atoms with Crippen LogP contribution in [-0.2, 0) is 0 Å². The Labute approximate surface area is 107 Å². The molecule has 1 saturated heterocycles. The van der Waals surface area contributed by atoms with Gasteiger partial charge >= 0.3 is 5.97 Å². The molecule has 98 valence electrons. The van der Waals surface area contributed by atoms with Crippen LogP contribution >= 0.6 is 0 Å². The molecule has 1 aliphatic heterocycles. The van der Waals surface area contributed by atoms with Gasteiger partial charge in [-0.2, -0.15) is 0 Å². The molecule has 0 saturated carbocycles. The van der Waals surface area contributed by atoms with Crippen LogP contribution in [-0.4, -0.2) is 28.6 Å². The maximum absolute atomic E-state index is 11.3. The molecule has 1 aromatic heterocycles. The minimum atomic E-state index is -0.977. The van der Waals surface area contributed by atoms with E-state index >= 15 is 0 Å². The van der Waals surface area contributed by atoms with Crippen molar-refractivity contribution in [1.82, 2.24) is 4.98 Å². The Morgan fingerprint density at radius 2 is 2.28 bits per heavy atom. The van der Waals surface area contributed by atoms with Crippen LogP contribution in [0.15, 0.2) is 12.3 Å². The number of carboxylic acids is 1. The molecule has 5 nitrogen and oxygen atoms in total. The van der Waals surface area contributed by atoms with Crippen LogP contribution in [0.25, 0.3) is 0 Å². The minimum Gasteiger partial charge on any atom is -0.478 e. The molecule has 5 heteroatoms. The Morgan fingerprint density at radius 1 is 1.56 bits per heavy atom. The molecule has 0 spiro atoms. The van der Waals surface area contributed by atoms with E-state index in [2.05, 4.69) is 23.7 Å². The second-order valence-corrected chi connectivity index (χ2v) is 5.00. The zero-order valence-electron chi connectivity index (χ0n) is 10.8. The van der Waals surface area contributed by atoms with E-state index in [9.17, 15) is 9.90 Å². The van der Waals surface area contributed by atoms with Crippen LogP contribution in [0.4, 0.5) is 11.5 Å². The van der Waals surface area contributed by atoms with Gasteiger partial charge in [0.25, 0.3) is 0 Å². The molecule has 0 aliphatic carbocycles. The highest BCUT2D eigenvalue weighted by atomic mass is 16.4. The molecular weight excluding hydrogens is 230 g/mol. The number of hydrogen-bond donors (Lipinski definition) is 2. The van der Waals surface area contributed by atoms with E-state index in [1.165, 1.54) is 18.7 Å². The van der Waals surface area contributed by atoms with E-state index < -0.39 is 5.97 Å². The topological polar surface area (TPSA) is 79.5 Å². The highest BCUT2D eigenvalue weighted by molar-refractivity contribution is 5.94. The van der Waals surface area contributed by atoms with Crippen molar-refractivity contribution in [3.05, 3.63) is 17.8 Å². The number of nitrogens with zero attached hydrogens (tertiary/aromatic N) is 2. The fraction of sp³-hybridized carbons (Fsp3) is 0.538. The van der Waals surface area contributed by atoms with Gasteiger partial charge in [-0.15, -0.1) is 0 Å². The van der Waals surface area contributed by atoms with Gasteiger partial charge in [0.05, 0.1) is 11.9 Å². The van der Waals surface area contributed by atoms with E-state index in [4.69, 9.17) is 5.73 Å². The Bertz CT molecular complexity index is 462. The average molecular weight is 249 g/mol. The maximum Gasteiger partial charge on any atom is 0.339 e. The second kappa shape index (κ2) is 4.84. The SMILES string of the molecule is CC1CCCN(c2ncc(N)cc2C(=O)O)C1C. The molecule has 3 N–H and O–H groups in total. The Morgan fingerprint density at radius 3 is 2.94 bits per heavy atom. The molecule has 1 aromatic rings. The van der Waals surface area contributed by atoms with Gasteiger partial charge < -0.3 is 15.7 Å². The molecule has 0 amide bonds. The molecule has 2 heterocycles. The Hall–Kier alpha value is -1.78. The van der Waals surface area contributed by atoms with E-state index in [1.807, 2.05) is 0 Å². The van der Waals surface area contributed by atoms with Crippen LogP contribution in [0.1, 0.15) is 37.0 Å².